The number of aromatic amines is 1. The summed E-state index contributed by atoms with van der Waals surface area (Å²) >= 11 is 0. The van der Waals surface area contributed by atoms with E-state index in [1.54, 1.807) is 6.20 Å². The quantitative estimate of drug-likeness (QED) is 0.417. The van der Waals surface area contributed by atoms with E-state index in [1.807, 2.05) is 0 Å². The van der Waals surface area contributed by atoms with Crippen LogP contribution in [0.25, 0.3) is 0 Å². The number of amides is 3. The molecule has 18 heavy (non-hydrogen) atoms. The van der Waals surface area contributed by atoms with Gasteiger partial charge < -0.3 is 26.0 Å². The van der Waals surface area contributed by atoms with E-state index in [-0.39, 0.29) is 13.1 Å². The summed E-state index contributed by atoms with van der Waals surface area (Å²) in [6.45, 7) is -0.513. The third kappa shape index (κ3) is 5.49. The van der Waals surface area contributed by atoms with E-state index >= 15 is 0 Å². The number of aromatic nitrogens is 2. The van der Waals surface area contributed by atoms with Crippen molar-refractivity contribution in [2.24, 2.45) is 0 Å². The summed E-state index contributed by atoms with van der Waals surface area (Å²) in [5.74, 6) is -1.72. The van der Waals surface area contributed by atoms with E-state index in [0.29, 0.717) is 0 Å². The van der Waals surface area contributed by atoms with Crippen molar-refractivity contribution < 1.29 is 19.5 Å². The summed E-state index contributed by atoms with van der Waals surface area (Å²) in [7, 11) is 0. The summed E-state index contributed by atoms with van der Waals surface area (Å²) in [5.41, 5.74) is 0.723. The summed E-state index contributed by atoms with van der Waals surface area (Å²) in [6.07, 6.45) is 3.04. The van der Waals surface area contributed by atoms with Crippen LogP contribution in [-0.4, -0.2) is 46.1 Å². The SMILES string of the molecule is O=C(O)CNC(=O)CNC(=O)NCc1cnc[nH]1. The monoisotopic (exact) mass is 255 g/mol. The topological polar surface area (TPSA) is 136 Å². The van der Waals surface area contributed by atoms with Gasteiger partial charge in [0.05, 0.1) is 25.1 Å². The Morgan fingerprint density at radius 2 is 2.00 bits per heavy atom. The number of carbonyl (C=O) groups excluding carboxylic acids is 2. The molecule has 0 aromatic carbocycles. The molecular weight excluding hydrogens is 242 g/mol. The molecule has 0 unspecified atom stereocenters. The van der Waals surface area contributed by atoms with Gasteiger partial charge in [0.25, 0.3) is 0 Å². The Balaban J connectivity index is 2.13. The molecule has 0 saturated carbocycles. The van der Waals surface area contributed by atoms with Crippen molar-refractivity contribution in [1.82, 2.24) is 25.9 Å². The molecule has 0 aliphatic heterocycles. The highest BCUT2D eigenvalue weighted by atomic mass is 16.4. The fourth-order valence-corrected chi connectivity index (χ4v) is 1.02. The van der Waals surface area contributed by atoms with Gasteiger partial charge in [-0.05, 0) is 0 Å². The van der Waals surface area contributed by atoms with Crippen molar-refractivity contribution in [3.8, 4) is 0 Å². The number of hydrogen-bond acceptors (Lipinski definition) is 4. The first kappa shape index (κ1) is 13.5. The second-order valence-corrected chi connectivity index (χ2v) is 3.28. The van der Waals surface area contributed by atoms with E-state index in [2.05, 4.69) is 25.9 Å². The Bertz CT molecular complexity index is 417. The maximum atomic E-state index is 11.2. The number of aliphatic carboxylic acids is 1. The summed E-state index contributed by atoms with van der Waals surface area (Å²) in [5, 5.41) is 15.2. The van der Waals surface area contributed by atoms with Gasteiger partial charge in [-0.25, -0.2) is 9.78 Å². The highest BCUT2D eigenvalue weighted by Gasteiger charge is 2.06. The number of H-pyrrole nitrogens is 1. The first-order valence-corrected chi connectivity index (χ1v) is 5.05. The lowest BCUT2D eigenvalue weighted by atomic mass is 10.5. The smallest absolute Gasteiger partial charge is 0.322 e. The number of carboxylic acids is 1. The molecule has 9 heteroatoms. The van der Waals surface area contributed by atoms with Gasteiger partial charge in [-0.2, -0.15) is 0 Å². The Kier molecular flexibility index (Phi) is 5.16. The van der Waals surface area contributed by atoms with Gasteiger partial charge in [0.1, 0.15) is 6.54 Å². The molecule has 0 fully saturated rings. The maximum absolute atomic E-state index is 11.2. The molecular formula is C9H13N5O4. The van der Waals surface area contributed by atoms with Crippen molar-refractivity contribution in [2.75, 3.05) is 13.1 Å². The van der Waals surface area contributed by atoms with Crippen LogP contribution in [0.5, 0.6) is 0 Å². The Hall–Kier alpha value is -2.58. The van der Waals surface area contributed by atoms with E-state index < -0.39 is 24.5 Å². The van der Waals surface area contributed by atoms with Crippen molar-refractivity contribution in [3.63, 3.8) is 0 Å². The van der Waals surface area contributed by atoms with Crippen LogP contribution in [-0.2, 0) is 16.1 Å². The van der Waals surface area contributed by atoms with E-state index in [9.17, 15) is 14.4 Å². The summed E-state index contributed by atoms with van der Waals surface area (Å²) < 4.78 is 0. The molecule has 1 rings (SSSR count). The minimum Gasteiger partial charge on any atom is -0.480 e. The number of urea groups is 1. The normalized spacial score (nSPS) is 9.56. The molecule has 98 valence electrons. The first-order chi connectivity index (χ1) is 8.58. The van der Waals surface area contributed by atoms with Gasteiger partial charge in [-0.1, -0.05) is 0 Å². The molecule has 3 amide bonds. The van der Waals surface area contributed by atoms with E-state index in [0.717, 1.165) is 5.69 Å². The van der Waals surface area contributed by atoms with E-state index in [1.165, 1.54) is 6.33 Å². The highest BCUT2D eigenvalue weighted by Crippen LogP contribution is 1.88. The summed E-state index contributed by atoms with van der Waals surface area (Å²) in [6, 6.07) is -0.532. The van der Waals surface area contributed by atoms with Crippen LogP contribution in [0, 0.1) is 0 Å². The van der Waals surface area contributed by atoms with Gasteiger partial charge in [-0.15, -0.1) is 0 Å². The van der Waals surface area contributed by atoms with Crippen LogP contribution in [0.1, 0.15) is 5.69 Å². The lowest BCUT2D eigenvalue weighted by molar-refractivity contribution is -0.137. The largest absolute Gasteiger partial charge is 0.480 e. The van der Waals surface area contributed by atoms with Crippen LogP contribution < -0.4 is 16.0 Å². The average molecular weight is 255 g/mol. The number of nitrogens with one attached hydrogen (secondary N) is 4. The molecule has 0 aliphatic carbocycles. The molecule has 1 aromatic heterocycles. The lowest BCUT2D eigenvalue weighted by Gasteiger charge is -2.06. The number of carboxylic acid groups (broad SMARTS) is 1. The van der Waals surface area contributed by atoms with Crippen LogP contribution >= 0.6 is 0 Å². The third-order valence-corrected chi connectivity index (χ3v) is 1.84. The fourth-order valence-electron chi connectivity index (χ4n) is 1.02. The number of carbonyl (C=O) groups is 3. The Labute approximate surface area is 102 Å². The van der Waals surface area contributed by atoms with Crippen molar-refractivity contribution in [3.05, 3.63) is 18.2 Å². The van der Waals surface area contributed by atoms with Gasteiger partial charge >= 0.3 is 12.0 Å². The molecule has 0 aliphatic rings. The number of imidazole rings is 1. The number of nitrogens with zero attached hydrogens (tertiary/aromatic N) is 1. The zero-order valence-electron chi connectivity index (χ0n) is 9.40. The standard InChI is InChI=1S/C9H13N5O4/c15-7(11-4-8(16)17)3-13-9(18)12-2-6-1-10-5-14-6/h1,5H,2-4H2,(H,10,14)(H,11,15)(H,16,17)(H2,12,13,18). The van der Waals surface area contributed by atoms with Crippen LogP contribution in [0.2, 0.25) is 0 Å². The van der Waals surface area contributed by atoms with E-state index in [4.69, 9.17) is 5.11 Å². The average Bonchev–Trinajstić information content (AvgIpc) is 2.84. The second-order valence-electron chi connectivity index (χ2n) is 3.28. The zero-order chi connectivity index (χ0) is 13.4. The lowest BCUT2D eigenvalue weighted by Crippen LogP contribution is -2.42. The fraction of sp³-hybridized carbons (Fsp3) is 0.333. The van der Waals surface area contributed by atoms with Crippen LogP contribution in [0.15, 0.2) is 12.5 Å². The molecule has 1 heterocycles. The molecule has 1 aromatic rings. The summed E-state index contributed by atoms with van der Waals surface area (Å²) in [4.78, 5) is 39.0. The molecule has 0 bridgehead atoms. The van der Waals surface area contributed by atoms with Crippen LogP contribution in [0.3, 0.4) is 0 Å². The first-order valence-electron chi connectivity index (χ1n) is 5.05. The highest BCUT2D eigenvalue weighted by molar-refractivity contribution is 5.86. The van der Waals surface area contributed by atoms with Gasteiger partial charge in [0.15, 0.2) is 0 Å². The van der Waals surface area contributed by atoms with Crippen molar-refractivity contribution in [1.29, 1.82) is 0 Å². The molecule has 9 nitrogen and oxygen atoms in total. The minimum atomic E-state index is -1.15. The Morgan fingerprint density at radius 1 is 1.22 bits per heavy atom. The van der Waals surface area contributed by atoms with Crippen molar-refractivity contribution >= 4 is 17.9 Å². The predicted molar refractivity (Wildman–Crippen MR) is 59.5 cm³/mol. The molecule has 0 saturated heterocycles. The Morgan fingerprint density at radius 3 is 2.61 bits per heavy atom. The molecule has 0 spiro atoms. The molecule has 5 N–H and O–H groups in total. The second kappa shape index (κ2) is 6.89. The third-order valence-electron chi connectivity index (χ3n) is 1.84. The van der Waals surface area contributed by atoms with Gasteiger partial charge in [0, 0.05) is 6.20 Å². The number of hydrogen-bond donors (Lipinski definition) is 5. The number of rotatable bonds is 6. The van der Waals surface area contributed by atoms with Gasteiger partial charge in [0.2, 0.25) is 5.91 Å². The maximum Gasteiger partial charge on any atom is 0.322 e. The zero-order valence-corrected chi connectivity index (χ0v) is 9.40. The molecule has 0 radical (unpaired) electrons. The van der Waals surface area contributed by atoms with Gasteiger partial charge in [-0.3, -0.25) is 9.59 Å². The molecule has 0 atom stereocenters. The minimum absolute atomic E-state index is 0.253. The van der Waals surface area contributed by atoms with Crippen molar-refractivity contribution in [2.45, 2.75) is 6.54 Å². The van der Waals surface area contributed by atoms with Crippen LogP contribution in [0.4, 0.5) is 4.79 Å². The predicted octanol–water partition coefficient (Wildman–Crippen LogP) is -1.59.